The van der Waals surface area contributed by atoms with Gasteiger partial charge in [-0.05, 0) is 55.1 Å². The third kappa shape index (κ3) is 4.14. The lowest BCUT2D eigenvalue weighted by molar-refractivity contribution is 0.306. The Bertz CT molecular complexity index is 903. The molecule has 0 saturated carbocycles. The van der Waals surface area contributed by atoms with Crippen LogP contribution in [0, 0.1) is 0 Å². The first-order valence-electron chi connectivity index (χ1n) is 9.31. The molecule has 5 heteroatoms. The Labute approximate surface area is 160 Å². The van der Waals surface area contributed by atoms with Crippen LogP contribution in [0.2, 0.25) is 0 Å². The molecule has 2 aromatic carbocycles. The Hall–Kier alpha value is -2.79. The number of fused-ring (bicyclic) bond motifs is 1. The minimum atomic E-state index is 0.530. The average molecular weight is 363 g/mol. The highest BCUT2D eigenvalue weighted by Gasteiger charge is 2.15. The van der Waals surface area contributed by atoms with E-state index in [-0.39, 0.29) is 0 Å². The van der Waals surface area contributed by atoms with E-state index in [0.717, 1.165) is 60.0 Å². The normalized spacial score (nSPS) is 15.1. The second-order valence-electron chi connectivity index (χ2n) is 6.95. The Morgan fingerprint density at radius 2 is 1.63 bits per heavy atom. The van der Waals surface area contributed by atoms with Crippen LogP contribution in [-0.4, -0.2) is 50.2 Å². The first kappa shape index (κ1) is 17.6. The van der Waals surface area contributed by atoms with Gasteiger partial charge in [-0.1, -0.05) is 12.1 Å². The Morgan fingerprint density at radius 1 is 0.889 bits per heavy atom. The molecule has 1 fully saturated rings. The van der Waals surface area contributed by atoms with Crippen molar-refractivity contribution in [2.24, 2.45) is 0 Å². The van der Waals surface area contributed by atoms with Gasteiger partial charge in [-0.25, -0.2) is 4.98 Å². The Balaban J connectivity index is 1.45. The number of methoxy groups -OCH3 is 1. The maximum Gasteiger partial charge on any atom is 0.129 e. The molecule has 0 spiro atoms. The van der Waals surface area contributed by atoms with Crippen LogP contribution in [0.3, 0.4) is 0 Å². The summed E-state index contributed by atoms with van der Waals surface area (Å²) in [7, 11) is 3.84. The van der Waals surface area contributed by atoms with E-state index in [1.54, 1.807) is 7.11 Å². The predicted molar refractivity (Wildman–Crippen MR) is 109 cm³/mol. The second kappa shape index (κ2) is 7.84. The van der Waals surface area contributed by atoms with E-state index in [0.29, 0.717) is 6.61 Å². The molecule has 1 aliphatic heterocycles. The second-order valence-corrected chi connectivity index (χ2v) is 6.95. The van der Waals surface area contributed by atoms with Gasteiger partial charge in [0.1, 0.15) is 23.9 Å². The zero-order valence-corrected chi connectivity index (χ0v) is 15.9. The molecule has 2 heterocycles. The molecule has 0 N–H and O–H groups in total. The van der Waals surface area contributed by atoms with Gasteiger partial charge in [0.05, 0.1) is 12.6 Å². The number of aromatic nitrogens is 1. The van der Waals surface area contributed by atoms with E-state index < -0.39 is 0 Å². The standard InChI is InChI=1S/C22H25N3O2/c1-24-11-13-25(14-12-24)22-10-5-18-15-20(8-9-21(18)23-22)27-16-17-3-6-19(26-2)7-4-17/h3-10,15H,11-14,16H2,1-2H3. The molecular weight excluding hydrogens is 338 g/mol. The molecule has 0 bridgehead atoms. The Kier molecular flexibility index (Phi) is 5.12. The minimum absolute atomic E-state index is 0.530. The van der Waals surface area contributed by atoms with Crippen molar-refractivity contribution in [3.63, 3.8) is 0 Å². The van der Waals surface area contributed by atoms with Crippen LogP contribution in [0.1, 0.15) is 5.56 Å². The fraction of sp³-hybridized carbons (Fsp3) is 0.318. The van der Waals surface area contributed by atoms with Crippen molar-refractivity contribution >= 4 is 16.7 Å². The molecule has 1 aromatic heterocycles. The van der Waals surface area contributed by atoms with E-state index >= 15 is 0 Å². The number of piperazine rings is 1. The molecular formula is C22H25N3O2. The highest BCUT2D eigenvalue weighted by molar-refractivity contribution is 5.81. The van der Waals surface area contributed by atoms with Gasteiger partial charge in [-0.15, -0.1) is 0 Å². The van der Waals surface area contributed by atoms with E-state index in [4.69, 9.17) is 14.5 Å². The fourth-order valence-corrected chi connectivity index (χ4v) is 3.28. The number of rotatable bonds is 5. The molecule has 27 heavy (non-hydrogen) atoms. The van der Waals surface area contributed by atoms with Crippen LogP contribution >= 0.6 is 0 Å². The number of likely N-dealkylation sites (N-methyl/N-ethyl adjacent to an activating group) is 1. The fourth-order valence-electron chi connectivity index (χ4n) is 3.28. The van der Waals surface area contributed by atoms with Crippen molar-refractivity contribution in [3.05, 3.63) is 60.2 Å². The van der Waals surface area contributed by atoms with Gasteiger partial charge in [0, 0.05) is 31.6 Å². The maximum atomic E-state index is 5.95. The number of hydrogen-bond donors (Lipinski definition) is 0. The molecule has 0 aliphatic carbocycles. The zero-order valence-electron chi connectivity index (χ0n) is 15.9. The van der Waals surface area contributed by atoms with Gasteiger partial charge >= 0.3 is 0 Å². The first-order valence-corrected chi connectivity index (χ1v) is 9.31. The van der Waals surface area contributed by atoms with E-state index in [9.17, 15) is 0 Å². The van der Waals surface area contributed by atoms with Gasteiger partial charge < -0.3 is 19.3 Å². The molecule has 4 rings (SSSR count). The number of hydrogen-bond acceptors (Lipinski definition) is 5. The highest BCUT2D eigenvalue weighted by Crippen LogP contribution is 2.24. The lowest BCUT2D eigenvalue weighted by Gasteiger charge is -2.33. The number of nitrogens with zero attached hydrogens (tertiary/aromatic N) is 3. The van der Waals surface area contributed by atoms with E-state index in [1.807, 2.05) is 36.4 Å². The molecule has 1 aliphatic rings. The topological polar surface area (TPSA) is 37.8 Å². The van der Waals surface area contributed by atoms with Crippen LogP contribution in [0.4, 0.5) is 5.82 Å². The third-order valence-electron chi connectivity index (χ3n) is 5.04. The monoisotopic (exact) mass is 363 g/mol. The summed E-state index contributed by atoms with van der Waals surface area (Å²) in [4.78, 5) is 9.55. The van der Waals surface area contributed by atoms with E-state index in [2.05, 4.69) is 35.0 Å². The average Bonchev–Trinajstić information content (AvgIpc) is 2.72. The quantitative estimate of drug-likeness (QED) is 0.693. The van der Waals surface area contributed by atoms with Gasteiger partial charge in [0.25, 0.3) is 0 Å². The molecule has 0 amide bonds. The molecule has 0 radical (unpaired) electrons. The van der Waals surface area contributed by atoms with E-state index in [1.165, 1.54) is 0 Å². The van der Waals surface area contributed by atoms with Crippen LogP contribution < -0.4 is 14.4 Å². The van der Waals surface area contributed by atoms with Crippen molar-refractivity contribution in [1.29, 1.82) is 0 Å². The number of pyridine rings is 1. The molecule has 1 saturated heterocycles. The summed E-state index contributed by atoms with van der Waals surface area (Å²) in [6.07, 6.45) is 0. The van der Waals surface area contributed by atoms with Gasteiger partial charge in [-0.2, -0.15) is 0 Å². The summed E-state index contributed by atoms with van der Waals surface area (Å²) in [6.45, 7) is 4.74. The molecule has 0 unspecified atom stereocenters. The smallest absolute Gasteiger partial charge is 0.129 e. The van der Waals surface area contributed by atoms with Gasteiger partial charge in [0.15, 0.2) is 0 Å². The summed E-state index contributed by atoms with van der Waals surface area (Å²) in [5.41, 5.74) is 2.11. The third-order valence-corrected chi connectivity index (χ3v) is 5.04. The lowest BCUT2D eigenvalue weighted by Crippen LogP contribution is -2.44. The number of benzene rings is 2. The van der Waals surface area contributed by atoms with Crippen molar-refractivity contribution in [1.82, 2.24) is 9.88 Å². The summed E-state index contributed by atoms with van der Waals surface area (Å²) in [5, 5.41) is 1.10. The van der Waals surface area contributed by atoms with Gasteiger partial charge in [-0.3, -0.25) is 0 Å². The first-order chi connectivity index (χ1) is 13.2. The zero-order chi connectivity index (χ0) is 18.6. The van der Waals surface area contributed by atoms with Crippen LogP contribution in [0.25, 0.3) is 10.9 Å². The summed E-state index contributed by atoms with van der Waals surface area (Å²) < 4.78 is 11.1. The molecule has 3 aromatic rings. The number of anilines is 1. The van der Waals surface area contributed by atoms with Crippen LogP contribution in [-0.2, 0) is 6.61 Å². The van der Waals surface area contributed by atoms with Crippen LogP contribution in [0.15, 0.2) is 54.6 Å². The van der Waals surface area contributed by atoms with Gasteiger partial charge in [0.2, 0.25) is 0 Å². The Morgan fingerprint density at radius 3 is 2.37 bits per heavy atom. The molecule has 0 atom stereocenters. The maximum absolute atomic E-state index is 5.95. The lowest BCUT2D eigenvalue weighted by atomic mass is 10.2. The molecule has 140 valence electrons. The molecule has 5 nitrogen and oxygen atoms in total. The largest absolute Gasteiger partial charge is 0.497 e. The van der Waals surface area contributed by atoms with Crippen molar-refractivity contribution in [2.75, 3.05) is 45.2 Å². The highest BCUT2D eigenvalue weighted by atomic mass is 16.5. The number of ether oxygens (including phenoxy) is 2. The van der Waals surface area contributed by atoms with Crippen molar-refractivity contribution in [2.45, 2.75) is 6.61 Å². The summed E-state index contributed by atoms with van der Waals surface area (Å²) >= 11 is 0. The van der Waals surface area contributed by atoms with Crippen molar-refractivity contribution < 1.29 is 9.47 Å². The van der Waals surface area contributed by atoms with Crippen LogP contribution in [0.5, 0.6) is 11.5 Å². The summed E-state index contributed by atoms with van der Waals surface area (Å²) in [6, 6.07) is 18.3. The SMILES string of the molecule is COc1ccc(COc2ccc3nc(N4CCN(C)CC4)ccc3c2)cc1. The van der Waals surface area contributed by atoms with Crippen molar-refractivity contribution in [3.8, 4) is 11.5 Å². The predicted octanol–water partition coefficient (Wildman–Crippen LogP) is 3.57. The summed E-state index contributed by atoms with van der Waals surface area (Å²) in [5.74, 6) is 2.77. The minimum Gasteiger partial charge on any atom is -0.497 e.